The van der Waals surface area contributed by atoms with Gasteiger partial charge >= 0.3 is 0 Å². The normalized spacial score (nSPS) is 15.1. The van der Waals surface area contributed by atoms with Gasteiger partial charge in [-0.1, -0.05) is 20.3 Å². The van der Waals surface area contributed by atoms with Crippen LogP contribution in [0.4, 0.5) is 0 Å². The number of rotatable bonds is 6. The molecule has 1 aromatic heterocycles. The topological polar surface area (TPSA) is 12.0 Å². The van der Waals surface area contributed by atoms with Crippen LogP contribution in [0.1, 0.15) is 42.5 Å². The van der Waals surface area contributed by atoms with Gasteiger partial charge in [0.15, 0.2) is 0 Å². The van der Waals surface area contributed by atoms with Gasteiger partial charge in [0.25, 0.3) is 0 Å². The van der Waals surface area contributed by atoms with E-state index in [0.29, 0.717) is 6.04 Å². The van der Waals surface area contributed by atoms with Gasteiger partial charge in [-0.15, -0.1) is 11.3 Å². The smallest absolute Gasteiger partial charge is 0.00643 e. The van der Waals surface area contributed by atoms with Crippen LogP contribution in [0.3, 0.4) is 0 Å². The molecule has 16 heavy (non-hydrogen) atoms. The summed E-state index contributed by atoms with van der Waals surface area (Å²) < 4.78 is 0. The lowest BCUT2D eigenvalue weighted by Crippen LogP contribution is -2.33. The summed E-state index contributed by atoms with van der Waals surface area (Å²) in [6.07, 6.45) is 2.42. The van der Waals surface area contributed by atoms with Crippen LogP contribution >= 0.6 is 11.3 Å². The minimum absolute atomic E-state index is 0.630. The predicted molar refractivity (Wildman–Crippen MR) is 74.4 cm³/mol. The highest BCUT2D eigenvalue weighted by atomic mass is 32.1. The summed E-state index contributed by atoms with van der Waals surface area (Å²) in [4.78, 5) is 2.91. The van der Waals surface area contributed by atoms with Crippen LogP contribution in [0.5, 0.6) is 0 Å². The number of nitrogens with one attached hydrogen (secondary N) is 1. The molecule has 2 heteroatoms. The molecule has 0 amide bonds. The standard InChI is InChI=1S/C14H25NS/c1-6-10(2)12(4)15-8-7-14-9-11(3)16-13(14)5/h9-10,12,15H,6-8H2,1-5H3. The van der Waals surface area contributed by atoms with Gasteiger partial charge in [-0.25, -0.2) is 0 Å². The summed E-state index contributed by atoms with van der Waals surface area (Å²) in [5.41, 5.74) is 1.52. The molecule has 0 aliphatic carbocycles. The fourth-order valence-electron chi connectivity index (χ4n) is 1.92. The zero-order valence-corrected chi connectivity index (χ0v) is 12.1. The predicted octanol–water partition coefficient (Wildman–Crippen LogP) is 3.93. The molecule has 0 spiro atoms. The maximum absolute atomic E-state index is 3.62. The summed E-state index contributed by atoms with van der Waals surface area (Å²) >= 11 is 1.91. The second kappa shape index (κ2) is 6.41. The van der Waals surface area contributed by atoms with Crippen molar-refractivity contribution in [2.24, 2.45) is 5.92 Å². The quantitative estimate of drug-likeness (QED) is 0.793. The number of thiophene rings is 1. The summed E-state index contributed by atoms with van der Waals surface area (Å²) in [6.45, 7) is 12.4. The molecule has 1 rings (SSSR count). The van der Waals surface area contributed by atoms with E-state index in [-0.39, 0.29) is 0 Å². The fraction of sp³-hybridized carbons (Fsp3) is 0.714. The Hall–Kier alpha value is -0.340. The Morgan fingerprint density at radius 3 is 2.50 bits per heavy atom. The molecule has 0 radical (unpaired) electrons. The van der Waals surface area contributed by atoms with Crippen LogP contribution in [-0.2, 0) is 6.42 Å². The van der Waals surface area contributed by atoms with Crippen molar-refractivity contribution in [3.8, 4) is 0 Å². The van der Waals surface area contributed by atoms with E-state index >= 15 is 0 Å². The first-order valence-corrected chi connectivity index (χ1v) is 7.15. The molecular weight excluding hydrogens is 214 g/mol. The Balaban J connectivity index is 2.33. The van der Waals surface area contributed by atoms with Crippen LogP contribution in [0.2, 0.25) is 0 Å². The minimum atomic E-state index is 0.630. The van der Waals surface area contributed by atoms with Gasteiger partial charge in [0.05, 0.1) is 0 Å². The highest BCUT2D eigenvalue weighted by molar-refractivity contribution is 7.12. The Morgan fingerprint density at radius 2 is 2.00 bits per heavy atom. The molecule has 1 heterocycles. The second-order valence-electron chi connectivity index (χ2n) is 4.82. The van der Waals surface area contributed by atoms with Gasteiger partial charge in [0, 0.05) is 15.8 Å². The molecule has 0 saturated carbocycles. The van der Waals surface area contributed by atoms with E-state index < -0.39 is 0 Å². The van der Waals surface area contributed by atoms with Crippen molar-refractivity contribution in [3.63, 3.8) is 0 Å². The van der Waals surface area contributed by atoms with Crippen LogP contribution in [0, 0.1) is 19.8 Å². The van der Waals surface area contributed by atoms with Crippen molar-refractivity contribution >= 4 is 11.3 Å². The van der Waals surface area contributed by atoms with Crippen molar-refractivity contribution in [2.45, 2.75) is 53.5 Å². The first-order chi connectivity index (χ1) is 7.54. The summed E-state index contributed by atoms with van der Waals surface area (Å²) in [7, 11) is 0. The fourth-order valence-corrected chi connectivity index (χ4v) is 2.90. The zero-order chi connectivity index (χ0) is 12.1. The summed E-state index contributed by atoms with van der Waals surface area (Å²) in [5, 5.41) is 3.62. The molecule has 0 aromatic carbocycles. The van der Waals surface area contributed by atoms with Crippen LogP contribution in [-0.4, -0.2) is 12.6 Å². The molecule has 0 fully saturated rings. The number of hydrogen-bond acceptors (Lipinski definition) is 2. The van der Waals surface area contributed by atoms with Crippen LogP contribution < -0.4 is 5.32 Å². The Kier molecular flexibility index (Phi) is 5.50. The van der Waals surface area contributed by atoms with E-state index in [2.05, 4.69) is 46.0 Å². The van der Waals surface area contributed by atoms with Crippen molar-refractivity contribution < 1.29 is 0 Å². The first-order valence-electron chi connectivity index (χ1n) is 6.33. The Morgan fingerprint density at radius 1 is 1.31 bits per heavy atom. The lowest BCUT2D eigenvalue weighted by Gasteiger charge is -2.19. The third-order valence-electron chi connectivity index (χ3n) is 3.50. The van der Waals surface area contributed by atoms with E-state index in [1.165, 1.54) is 21.7 Å². The van der Waals surface area contributed by atoms with Crippen molar-refractivity contribution in [3.05, 3.63) is 21.4 Å². The molecule has 0 bridgehead atoms. The molecule has 0 aliphatic rings. The van der Waals surface area contributed by atoms with E-state index in [1.807, 2.05) is 11.3 Å². The van der Waals surface area contributed by atoms with Gasteiger partial charge in [-0.05, 0) is 51.3 Å². The molecule has 1 aromatic rings. The second-order valence-corrected chi connectivity index (χ2v) is 6.28. The Bertz CT molecular complexity index is 317. The molecule has 92 valence electrons. The molecular formula is C14H25NS. The molecule has 0 saturated heterocycles. The van der Waals surface area contributed by atoms with E-state index in [4.69, 9.17) is 0 Å². The van der Waals surface area contributed by atoms with Gasteiger partial charge in [0.2, 0.25) is 0 Å². The molecule has 0 aliphatic heterocycles. The van der Waals surface area contributed by atoms with Crippen LogP contribution in [0.15, 0.2) is 6.07 Å². The van der Waals surface area contributed by atoms with E-state index in [1.54, 1.807) is 0 Å². The van der Waals surface area contributed by atoms with Gasteiger partial charge in [0.1, 0.15) is 0 Å². The maximum atomic E-state index is 3.62. The highest BCUT2D eigenvalue weighted by Gasteiger charge is 2.09. The third kappa shape index (κ3) is 3.91. The first kappa shape index (κ1) is 13.7. The minimum Gasteiger partial charge on any atom is -0.314 e. The average molecular weight is 239 g/mol. The monoisotopic (exact) mass is 239 g/mol. The van der Waals surface area contributed by atoms with Crippen molar-refractivity contribution in [1.82, 2.24) is 5.32 Å². The van der Waals surface area contributed by atoms with Crippen LogP contribution in [0.25, 0.3) is 0 Å². The Labute approximate surface area is 104 Å². The summed E-state index contributed by atoms with van der Waals surface area (Å²) in [6, 6.07) is 2.96. The largest absolute Gasteiger partial charge is 0.314 e. The van der Waals surface area contributed by atoms with E-state index in [9.17, 15) is 0 Å². The molecule has 2 atom stereocenters. The van der Waals surface area contributed by atoms with E-state index in [0.717, 1.165) is 18.9 Å². The van der Waals surface area contributed by atoms with Gasteiger partial charge in [-0.3, -0.25) is 0 Å². The van der Waals surface area contributed by atoms with Crippen molar-refractivity contribution in [1.29, 1.82) is 0 Å². The molecule has 2 unspecified atom stereocenters. The van der Waals surface area contributed by atoms with Crippen molar-refractivity contribution in [2.75, 3.05) is 6.54 Å². The number of hydrogen-bond donors (Lipinski definition) is 1. The maximum Gasteiger partial charge on any atom is 0.00643 e. The average Bonchev–Trinajstić information content (AvgIpc) is 2.56. The van der Waals surface area contributed by atoms with Gasteiger partial charge in [-0.2, -0.15) is 0 Å². The third-order valence-corrected chi connectivity index (χ3v) is 4.51. The SMILES string of the molecule is CCC(C)C(C)NCCc1cc(C)sc1C. The lowest BCUT2D eigenvalue weighted by molar-refractivity contribution is 0.393. The molecule has 1 nitrogen and oxygen atoms in total. The molecule has 1 N–H and O–H groups in total. The highest BCUT2D eigenvalue weighted by Crippen LogP contribution is 2.20. The number of aryl methyl sites for hydroxylation is 2. The zero-order valence-electron chi connectivity index (χ0n) is 11.3. The summed E-state index contributed by atoms with van der Waals surface area (Å²) in [5.74, 6) is 0.769. The lowest BCUT2D eigenvalue weighted by atomic mass is 10.0. The van der Waals surface area contributed by atoms with Gasteiger partial charge < -0.3 is 5.32 Å².